The van der Waals surface area contributed by atoms with Gasteiger partial charge in [0.05, 0.1) is 19.1 Å². The van der Waals surface area contributed by atoms with Crippen LogP contribution in [0, 0.1) is 5.92 Å². The van der Waals surface area contributed by atoms with Gasteiger partial charge in [-0.1, -0.05) is 19.8 Å². The zero-order chi connectivity index (χ0) is 13.5. The molecule has 4 nitrogen and oxygen atoms in total. The van der Waals surface area contributed by atoms with E-state index in [1.807, 2.05) is 0 Å². The maximum Gasteiger partial charge on any atom is 0.313 e. The first kappa shape index (κ1) is 14.8. The Balaban J connectivity index is 1.80. The first-order chi connectivity index (χ1) is 9.31. The highest BCUT2D eigenvalue weighted by Gasteiger charge is 2.35. The van der Waals surface area contributed by atoms with Crippen LogP contribution < -0.4 is 5.32 Å². The van der Waals surface area contributed by atoms with Gasteiger partial charge in [-0.05, 0) is 38.6 Å². The molecular weight excluding hydrogens is 242 g/mol. The van der Waals surface area contributed by atoms with E-state index in [0.717, 1.165) is 25.8 Å². The quantitative estimate of drug-likeness (QED) is 0.614. The fraction of sp³-hybridized carbons (Fsp3) is 0.933. The molecule has 1 aliphatic heterocycles. The van der Waals surface area contributed by atoms with Gasteiger partial charge in [-0.15, -0.1) is 0 Å². The minimum Gasteiger partial charge on any atom is -0.462 e. The molecule has 2 atom stereocenters. The predicted molar refractivity (Wildman–Crippen MR) is 74.0 cm³/mol. The summed E-state index contributed by atoms with van der Waals surface area (Å²) in [5.74, 6) is -0.173. The molecule has 1 saturated heterocycles. The number of nitrogens with one attached hydrogen (secondary N) is 1. The molecule has 2 aliphatic rings. The third-order valence-electron chi connectivity index (χ3n) is 4.12. The fourth-order valence-corrected chi connectivity index (χ4v) is 2.93. The lowest BCUT2D eigenvalue weighted by Gasteiger charge is -2.21. The number of hydrogen-bond donors (Lipinski definition) is 1. The highest BCUT2D eigenvalue weighted by molar-refractivity contribution is 5.74. The van der Waals surface area contributed by atoms with Gasteiger partial charge in [-0.25, -0.2) is 0 Å². The van der Waals surface area contributed by atoms with Crippen LogP contribution in [0.5, 0.6) is 0 Å². The average molecular weight is 269 g/mol. The molecule has 1 aliphatic carbocycles. The van der Waals surface area contributed by atoms with Gasteiger partial charge in [-0.3, -0.25) is 4.79 Å². The normalized spacial score (nSPS) is 29.1. The summed E-state index contributed by atoms with van der Waals surface area (Å²) in [5, 5.41) is 3.39. The molecule has 0 aromatic heterocycles. The van der Waals surface area contributed by atoms with Gasteiger partial charge in [0.25, 0.3) is 0 Å². The van der Waals surface area contributed by atoms with Gasteiger partial charge < -0.3 is 14.8 Å². The van der Waals surface area contributed by atoms with Crippen LogP contribution in [0.1, 0.15) is 51.9 Å². The summed E-state index contributed by atoms with van der Waals surface area (Å²) in [4.78, 5) is 12.3. The predicted octanol–water partition coefficient (Wildman–Crippen LogP) is 2.27. The Labute approximate surface area is 116 Å². The van der Waals surface area contributed by atoms with Crippen molar-refractivity contribution in [3.63, 3.8) is 0 Å². The molecule has 0 spiro atoms. The van der Waals surface area contributed by atoms with Crippen LogP contribution in [-0.4, -0.2) is 37.9 Å². The van der Waals surface area contributed by atoms with Crippen molar-refractivity contribution >= 4 is 5.97 Å². The largest absolute Gasteiger partial charge is 0.462 e. The van der Waals surface area contributed by atoms with Crippen molar-refractivity contribution in [1.29, 1.82) is 0 Å². The van der Waals surface area contributed by atoms with Crippen LogP contribution in [0.25, 0.3) is 0 Å². The van der Waals surface area contributed by atoms with Gasteiger partial charge in [0, 0.05) is 6.04 Å². The maximum absolute atomic E-state index is 12.3. The van der Waals surface area contributed by atoms with E-state index in [1.165, 1.54) is 25.7 Å². The summed E-state index contributed by atoms with van der Waals surface area (Å²) >= 11 is 0. The van der Waals surface area contributed by atoms with Crippen LogP contribution in [0.15, 0.2) is 0 Å². The first-order valence-electron chi connectivity index (χ1n) is 7.83. The molecule has 1 heterocycles. The molecule has 2 fully saturated rings. The molecule has 0 radical (unpaired) electrons. The Hall–Kier alpha value is -0.610. The summed E-state index contributed by atoms with van der Waals surface area (Å²) in [7, 11) is 0. The molecule has 1 saturated carbocycles. The molecule has 2 unspecified atom stereocenters. The molecule has 110 valence electrons. The lowest BCUT2D eigenvalue weighted by atomic mass is 10.0. The molecule has 0 aromatic rings. The highest BCUT2D eigenvalue weighted by Crippen LogP contribution is 2.23. The Morgan fingerprint density at radius 3 is 2.63 bits per heavy atom. The van der Waals surface area contributed by atoms with Crippen molar-refractivity contribution in [2.75, 3.05) is 19.8 Å². The summed E-state index contributed by atoms with van der Waals surface area (Å²) in [6.07, 6.45) is 8.22. The Kier molecular flexibility index (Phi) is 6.11. The van der Waals surface area contributed by atoms with Gasteiger partial charge in [0.1, 0.15) is 6.10 Å². The zero-order valence-electron chi connectivity index (χ0n) is 12.0. The number of rotatable bonds is 5. The minimum atomic E-state index is -0.116. The lowest BCUT2D eigenvalue weighted by molar-refractivity contribution is -0.155. The van der Waals surface area contributed by atoms with Crippen molar-refractivity contribution in [3.05, 3.63) is 0 Å². The number of hydrogen-bond acceptors (Lipinski definition) is 4. The van der Waals surface area contributed by atoms with Crippen molar-refractivity contribution < 1.29 is 14.3 Å². The summed E-state index contributed by atoms with van der Waals surface area (Å²) in [6, 6.07) is 0.137. The van der Waals surface area contributed by atoms with E-state index in [0.29, 0.717) is 13.2 Å². The lowest BCUT2D eigenvalue weighted by Crippen LogP contribution is -2.41. The SMILES string of the molecule is CCCNC1COCC1C(=O)OC1CCCCCC1. The van der Waals surface area contributed by atoms with E-state index in [4.69, 9.17) is 9.47 Å². The first-order valence-corrected chi connectivity index (χ1v) is 7.83. The van der Waals surface area contributed by atoms with Crippen LogP contribution >= 0.6 is 0 Å². The third-order valence-corrected chi connectivity index (χ3v) is 4.12. The Morgan fingerprint density at radius 1 is 1.21 bits per heavy atom. The molecule has 0 aromatic carbocycles. The van der Waals surface area contributed by atoms with Crippen molar-refractivity contribution in [3.8, 4) is 0 Å². The van der Waals surface area contributed by atoms with Crippen LogP contribution in [0.4, 0.5) is 0 Å². The van der Waals surface area contributed by atoms with Gasteiger partial charge in [0.15, 0.2) is 0 Å². The summed E-state index contributed by atoms with van der Waals surface area (Å²) < 4.78 is 11.1. The molecule has 19 heavy (non-hydrogen) atoms. The van der Waals surface area contributed by atoms with Crippen molar-refractivity contribution in [2.24, 2.45) is 5.92 Å². The van der Waals surface area contributed by atoms with Gasteiger partial charge in [-0.2, -0.15) is 0 Å². The maximum atomic E-state index is 12.3. The van der Waals surface area contributed by atoms with E-state index in [9.17, 15) is 4.79 Å². The number of carbonyl (C=O) groups is 1. The third kappa shape index (κ3) is 4.46. The molecule has 1 N–H and O–H groups in total. The van der Waals surface area contributed by atoms with Crippen LogP contribution in [0.2, 0.25) is 0 Å². The second kappa shape index (κ2) is 7.85. The smallest absolute Gasteiger partial charge is 0.313 e. The van der Waals surface area contributed by atoms with Gasteiger partial charge >= 0.3 is 5.97 Å². The van der Waals surface area contributed by atoms with E-state index in [1.54, 1.807) is 0 Å². The van der Waals surface area contributed by atoms with E-state index in [-0.39, 0.29) is 24.0 Å². The van der Waals surface area contributed by atoms with Crippen LogP contribution in [-0.2, 0) is 14.3 Å². The van der Waals surface area contributed by atoms with E-state index < -0.39 is 0 Å². The van der Waals surface area contributed by atoms with Gasteiger partial charge in [0.2, 0.25) is 0 Å². The van der Waals surface area contributed by atoms with Crippen LogP contribution in [0.3, 0.4) is 0 Å². The topological polar surface area (TPSA) is 47.6 Å². The Morgan fingerprint density at radius 2 is 1.95 bits per heavy atom. The second-order valence-electron chi connectivity index (χ2n) is 5.76. The fourth-order valence-electron chi connectivity index (χ4n) is 2.93. The summed E-state index contributed by atoms with van der Waals surface area (Å²) in [6.45, 7) is 4.19. The number of esters is 1. The monoisotopic (exact) mass is 269 g/mol. The Bertz CT molecular complexity index is 275. The highest BCUT2D eigenvalue weighted by atomic mass is 16.5. The molecule has 4 heteroatoms. The van der Waals surface area contributed by atoms with Crippen molar-refractivity contribution in [1.82, 2.24) is 5.32 Å². The molecule has 2 rings (SSSR count). The molecule has 0 bridgehead atoms. The number of carbonyl (C=O) groups excluding carboxylic acids is 1. The standard InChI is InChI=1S/C15H27NO3/c1-2-9-16-14-11-18-10-13(14)15(17)19-12-7-5-3-4-6-8-12/h12-14,16H,2-11H2,1H3. The van der Waals surface area contributed by atoms with Crippen molar-refractivity contribution in [2.45, 2.75) is 64.0 Å². The average Bonchev–Trinajstić information content (AvgIpc) is 2.74. The van der Waals surface area contributed by atoms with E-state index >= 15 is 0 Å². The number of ether oxygens (including phenoxy) is 2. The minimum absolute atomic E-state index is 0.0574. The second-order valence-corrected chi connectivity index (χ2v) is 5.76. The zero-order valence-corrected chi connectivity index (χ0v) is 12.0. The van der Waals surface area contributed by atoms with E-state index in [2.05, 4.69) is 12.2 Å². The molecular formula is C15H27NO3. The molecule has 0 amide bonds. The summed E-state index contributed by atoms with van der Waals surface area (Å²) in [5.41, 5.74) is 0.